The number of amides is 2. The predicted molar refractivity (Wildman–Crippen MR) is 198 cm³/mol. The Hall–Kier alpha value is -4.14. The second-order valence-corrected chi connectivity index (χ2v) is 18.9. The molecule has 0 bridgehead atoms. The summed E-state index contributed by atoms with van der Waals surface area (Å²) in [4.78, 5) is 62.1. The molecule has 3 heterocycles. The van der Waals surface area contributed by atoms with Gasteiger partial charge in [-0.15, -0.1) is 0 Å². The first-order valence-electron chi connectivity index (χ1n) is 19.0. The largest absolute Gasteiger partial charge is 0.494 e. The number of hydrogen-bond donors (Lipinski definition) is 1. The average molecular weight is 788 g/mol. The summed E-state index contributed by atoms with van der Waals surface area (Å²) in [5, 5.41) is -1.60. The highest BCUT2D eigenvalue weighted by Crippen LogP contribution is 2.58. The van der Waals surface area contributed by atoms with E-state index >= 15 is 0 Å². The van der Waals surface area contributed by atoms with Crippen LogP contribution in [0.2, 0.25) is 0 Å². The third kappa shape index (κ3) is 8.66. The van der Waals surface area contributed by atoms with E-state index in [1.165, 1.54) is 30.3 Å². The Morgan fingerprint density at radius 1 is 1.13 bits per heavy atom. The maximum absolute atomic E-state index is 14.9. The van der Waals surface area contributed by atoms with Crippen LogP contribution < -0.4 is 14.2 Å². The van der Waals surface area contributed by atoms with E-state index in [0.717, 1.165) is 6.42 Å². The van der Waals surface area contributed by atoms with Crippen LogP contribution in [-0.2, 0) is 33.9 Å². The molecule has 0 unspecified atom stereocenters. The lowest BCUT2D eigenvalue weighted by atomic mass is 9.82. The number of rotatable bonds is 8. The monoisotopic (exact) mass is 787 g/mol. The molecule has 3 fully saturated rings. The van der Waals surface area contributed by atoms with E-state index in [2.05, 4.69) is 11.9 Å². The molecule has 4 aliphatic rings. The van der Waals surface area contributed by atoms with Crippen molar-refractivity contribution in [2.24, 2.45) is 29.1 Å². The number of halogens is 2. The minimum Gasteiger partial charge on any atom is -0.494 e. The van der Waals surface area contributed by atoms with Crippen LogP contribution >= 0.6 is 0 Å². The average Bonchev–Trinajstić information content (AvgIpc) is 3.98. The Morgan fingerprint density at radius 3 is 2.53 bits per heavy atom. The molecule has 0 spiro atoms. The molecule has 2 saturated carbocycles. The second kappa shape index (κ2) is 15.1. The Bertz CT molecular complexity index is 2000. The van der Waals surface area contributed by atoms with Crippen molar-refractivity contribution in [2.75, 3.05) is 13.7 Å². The van der Waals surface area contributed by atoms with Crippen molar-refractivity contribution < 1.29 is 50.6 Å². The molecular formula is C40H51F2N3O9S. The molecule has 2 aromatic rings. The molecule has 2 amide bonds. The normalized spacial score (nSPS) is 30.3. The highest BCUT2D eigenvalue weighted by atomic mass is 32.2. The van der Waals surface area contributed by atoms with Crippen LogP contribution in [-0.4, -0.2) is 78.3 Å². The quantitative estimate of drug-likeness (QED) is 0.250. The predicted octanol–water partition coefficient (Wildman–Crippen LogP) is 5.96. The van der Waals surface area contributed by atoms with Gasteiger partial charge < -0.3 is 19.1 Å². The highest BCUT2D eigenvalue weighted by Gasteiger charge is 2.64. The van der Waals surface area contributed by atoms with E-state index in [0.29, 0.717) is 23.6 Å². The molecule has 1 N–H and O–H groups in total. The Labute approximate surface area is 320 Å². The summed E-state index contributed by atoms with van der Waals surface area (Å²) in [5.41, 5.74) is -2.27. The number of nitrogens with zero attached hydrogens (tertiary/aromatic N) is 2. The van der Waals surface area contributed by atoms with Crippen LogP contribution in [0.15, 0.2) is 36.5 Å². The number of carbonyl (C=O) groups is 4. The fourth-order valence-corrected chi connectivity index (χ4v) is 9.36. The fourth-order valence-electron chi connectivity index (χ4n) is 8.09. The molecule has 12 nitrogen and oxygen atoms in total. The Kier molecular flexibility index (Phi) is 11.1. The van der Waals surface area contributed by atoms with Crippen LogP contribution in [0.1, 0.15) is 92.4 Å². The van der Waals surface area contributed by atoms with Crippen molar-refractivity contribution in [1.29, 1.82) is 0 Å². The molecule has 6 rings (SSSR count). The number of sulfonamides is 1. The summed E-state index contributed by atoms with van der Waals surface area (Å²) in [5.74, 6) is -4.48. The zero-order valence-electron chi connectivity index (χ0n) is 32.2. The van der Waals surface area contributed by atoms with Gasteiger partial charge in [-0.25, -0.2) is 26.9 Å². The molecule has 1 aromatic heterocycles. The molecule has 0 radical (unpaired) electrons. The number of aromatic nitrogens is 1. The first-order chi connectivity index (χ1) is 25.8. The zero-order chi connectivity index (χ0) is 40.1. The van der Waals surface area contributed by atoms with E-state index in [1.807, 2.05) is 23.8 Å². The number of esters is 1. The molecule has 7 atom stereocenters. The van der Waals surface area contributed by atoms with Crippen molar-refractivity contribution >= 4 is 44.4 Å². The van der Waals surface area contributed by atoms with Crippen molar-refractivity contribution in [3.05, 3.63) is 42.4 Å². The van der Waals surface area contributed by atoms with Gasteiger partial charge in [0.05, 0.1) is 37.5 Å². The molecule has 1 saturated heterocycles. The van der Waals surface area contributed by atoms with Crippen LogP contribution in [0.3, 0.4) is 0 Å². The van der Waals surface area contributed by atoms with Gasteiger partial charge in [-0.2, -0.15) is 0 Å². The third-order valence-corrected chi connectivity index (χ3v) is 13.2. The number of fused-ring (bicyclic) bond motifs is 3. The van der Waals surface area contributed by atoms with Crippen LogP contribution in [0.25, 0.3) is 10.8 Å². The molecule has 2 aliphatic heterocycles. The lowest BCUT2D eigenvalue weighted by molar-refractivity contribution is -0.160. The van der Waals surface area contributed by atoms with Gasteiger partial charge in [-0.05, 0) is 87.8 Å². The first kappa shape index (κ1) is 40.5. The lowest BCUT2D eigenvalue weighted by Crippen LogP contribution is -2.48. The van der Waals surface area contributed by atoms with E-state index in [9.17, 15) is 36.4 Å². The van der Waals surface area contributed by atoms with Crippen molar-refractivity contribution in [2.45, 2.75) is 115 Å². The van der Waals surface area contributed by atoms with Gasteiger partial charge in [0.1, 0.15) is 11.7 Å². The number of hydrogen-bond acceptors (Lipinski definition) is 10. The Balaban J connectivity index is 1.35. The molecule has 15 heteroatoms. The van der Waals surface area contributed by atoms with E-state index < -0.39 is 85.8 Å². The molecule has 55 heavy (non-hydrogen) atoms. The van der Waals surface area contributed by atoms with Gasteiger partial charge >= 0.3 is 5.97 Å². The second-order valence-electron chi connectivity index (χ2n) is 17.0. The third-order valence-electron chi connectivity index (χ3n) is 11.4. The van der Waals surface area contributed by atoms with Crippen LogP contribution in [0.4, 0.5) is 8.78 Å². The number of carbonyl (C=O) groups excluding carboxylic acids is 4. The number of ketones is 1. The van der Waals surface area contributed by atoms with Gasteiger partial charge in [0.15, 0.2) is 17.3 Å². The highest BCUT2D eigenvalue weighted by molar-refractivity contribution is 7.91. The first-order valence-corrected chi connectivity index (χ1v) is 20.5. The standard InChI is InChI=1S/C40H51F2N3O9S/c1-23-9-7-8-10-26-20-39(26,37(49)44-55(50,51)40(42)12-13-40)21-32(46)31-17-27(53-35-29-18-30(41)33(52-6)16-25(29)11-14-43-35)22-45(31)36(48)28(24(2)15-23)19-34(47)54-38(3,4)5/h8,10-11,14,16,18,23-24,26-28,31H,7,9,12-13,15,17,19-22H2,1-6H3,(H,44,49)/b10-8-/t23-,24-,26-,27-,28+,31+,39-/m1/s1. The van der Waals surface area contributed by atoms with Gasteiger partial charge in [0, 0.05) is 37.3 Å². The summed E-state index contributed by atoms with van der Waals surface area (Å²) in [6.45, 7) is 9.10. The summed E-state index contributed by atoms with van der Waals surface area (Å²) >= 11 is 0. The summed E-state index contributed by atoms with van der Waals surface area (Å²) < 4.78 is 74.3. The van der Waals surface area contributed by atoms with Gasteiger partial charge in [-0.1, -0.05) is 26.0 Å². The van der Waals surface area contributed by atoms with Crippen molar-refractivity contribution in [3.8, 4) is 11.6 Å². The number of methoxy groups -OCH3 is 1. The van der Waals surface area contributed by atoms with E-state index in [1.54, 1.807) is 26.8 Å². The van der Waals surface area contributed by atoms with E-state index in [-0.39, 0.29) is 62.1 Å². The zero-order valence-corrected chi connectivity index (χ0v) is 33.0. The minimum atomic E-state index is -4.64. The summed E-state index contributed by atoms with van der Waals surface area (Å²) in [6, 6.07) is 3.29. The van der Waals surface area contributed by atoms with Gasteiger partial charge in [0.25, 0.3) is 10.0 Å². The number of benzene rings is 1. The topological polar surface area (TPSA) is 158 Å². The molecule has 2 aliphatic carbocycles. The maximum Gasteiger partial charge on any atom is 0.307 e. The number of alkyl halides is 1. The van der Waals surface area contributed by atoms with Gasteiger partial charge in [0.2, 0.25) is 22.7 Å². The van der Waals surface area contributed by atoms with E-state index in [4.69, 9.17) is 14.2 Å². The maximum atomic E-state index is 14.9. The van der Waals surface area contributed by atoms with Gasteiger partial charge in [-0.3, -0.25) is 19.2 Å². The lowest BCUT2D eigenvalue weighted by Gasteiger charge is -2.32. The number of allylic oxidation sites excluding steroid dienone is 2. The number of pyridine rings is 1. The smallest absolute Gasteiger partial charge is 0.307 e. The van der Waals surface area contributed by atoms with Crippen LogP contribution in [0, 0.1) is 34.9 Å². The molecule has 1 aromatic carbocycles. The number of nitrogens with one attached hydrogen (secondary N) is 1. The SMILES string of the molecule is COc1cc2ccnc(O[C@@H]3C[C@H]4C(=O)C[C@]5(C(=O)NS(=O)(=O)C6(F)CC6)C[C@H]5/C=C\CC[C@@H](C)C[C@@H](C)[C@H](CC(=O)OC(C)(C)C)C(=O)N4C3)c2cc1F. The summed E-state index contributed by atoms with van der Waals surface area (Å²) in [7, 11) is -3.29. The minimum absolute atomic E-state index is 0.0185. The van der Waals surface area contributed by atoms with Crippen molar-refractivity contribution in [3.63, 3.8) is 0 Å². The number of Topliss-reactive ketones (excluding diaryl/α,β-unsaturated/α-hetero) is 1. The van der Waals surface area contributed by atoms with Crippen LogP contribution in [0.5, 0.6) is 11.6 Å². The molecular weight excluding hydrogens is 737 g/mol. The summed E-state index contributed by atoms with van der Waals surface area (Å²) in [6.07, 6.45) is 5.47. The fraction of sp³-hybridized carbons (Fsp3) is 0.625. The number of ether oxygens (including phenoxy) is 3. The van der Waals surface area contributed by atoms with Crippen molar-refractivity contribution in [1.82, 2.24) is 14.6 Å². The Morgan fingerprint density at radius 2 is 1.85 bits per heavy atom. The molecule has 300 valence electrons.